The minimum atomic E-state index is 0.0718. The van der Waals surface area contributed by atoms with Crippen molar-refractivity contribution in [1.82, 2.24) is 10.2 Å². The molecule has 0 spiro atoms. The molecule has 1 fully saturated rings. The third-order valence-electron chi connectivity index (χ3n) is 3.10. The van der Waals surface area contributed by atoms with Gasteiger partial charge in [0.05, 0.1) is 0 Å². The molecular weight excluding hydrogens is 190 g/mol. The lowest BCUT2D eigenvalue weighted by Crippen LogP contribution is -2.51. The fourth-order valence-electron chi connectivity index (χ4n) is 1.99. The van der Waals surface area contributed by atoms with Crippen LogP contribution in [0.2, 0.25) is 0 Å². The number of likely N-dealkylation sites (tertiary alicyclic amines) is 1. The Hall–Kier alpha value is -0.770. The second-order valence-electron chi connectivity index (χ2n) is 4.41. The number of amides is 2. The summed E-state index contributed by atoms with van der Waals surface area (Å²) in [6.45, 7) is 6.42. The molecule has 0 saturated carbocycles. The van der Waals surface area contributed by atoms with Gasteiger partial charge in [-0.05, 0) is 38.6 Å². The molecule has 1 aliphatic rings. The van der Waals surface area contributed by atoms with E-state index in [1.54, 1.807) is 0 Å². The Kier molecular flexibility index (Phi) is 4.88. The Bertz CT molecular complexity index is 208. The molecule has 0 aromatic heterocycles. The van der Waals surface area contributed by atoms with Gasteiger partial charge in [0.25, 0.3) is 0 Å². The Morgan fingerprint density at radius 1 is 1.53 bits per heavy atom. The van der Waals surface area contributed by atoms with Gasteiger partial charge in [0.1, 0.15) is 0 Å². The summed E-state index contributed by atoms with van der Waals surface area (Å²) in [6.07, 6.45) is 3.20. The molecule has 0 aromatic rings. The zero-order valence-corrected chi connectivity index (χ0v) is 9.83. The average Bonchev–Trinajstić information content (AvgIpc) is 2.26. The van der Waals surface area contributed by atoms with Crippen LogP contribution >= 0.6 is 0 Å². The Labute approximate surface area is 92.2 Å². The first-order chi connectivity index (χ1) is 7.19. The van der Waals surface area contributed by atoms with Gasteiger partial charge in [-0.3, -0.25) is 0 Å². The van der Waals surface area contributed by atoms with E-state index < -0.39 is 0 Å². The summed E-state index contributed by atoms with van der Waals surface area (Å²) < 4.78 is 0. The summed E-state index contributed by atoms with van der Waals surface area (Å²) in [4.78, 5) is 13.7. The van der Waals surface area contributed by atoms with Crippen molar-refractivity contribution < 1.29 is 4.79 Å². The molecule has 1 rings (SSSR count). The third-order valence-corrected chi connectivity index (χ3v) is 3.10. The predicted octanol–water partition coefficient (Wildman–Crippen LogP) is 1.17. The molecule has 0 aliphatic carbocycles. The summed E-state index contributed by atoms with van der Waals surface area (Å²) >= 11 is 0. The van der Waals surface area contributed by atoms with Crippen molar-refractivity contribution in [3.8, 4) is 0 Å². The average molecular weight is 213 g/mol. The lowest BCUT2D eigenvalue weighted by atomic mass is 9.94. The SMILES string of the molecule is CCCNC(=O)N1CC(CN)CCC1C. The van der Waals surface area contributed by atoms with Crippen LogP contribution in [0.4, 0.5) is 4.79 Å². The molecule has 1 saturated heterocycles. The van der Waals surface area contributed by atoms with Crippen molar-refractivity contribution >= 4 is 6.03 Å². The minimum absolute atomic E-state index is 0.0718. The molecule has 2 amide bonds. The van der Waals surface area contributed by atoms with Gasteiger partial charge < -0.3 is 16.0 Å². The van der Waals surface area contributed by atoms with Crippen molar-refractivity contribution in [2.75, 3.05) is 19.6 Å². The van der Waals surface area contributed by atoms with Crippen LogP contribution in [0.15, 0.2) is 0 Å². The number of carbonyl (C=O) groups is 1. The Morgan fingerprint density at radius 3 is 2.87 bits per heavy atom. The van der Waals surface area contributed by atoms with E-state index in [1.165, 1.54) is 0 Å². The maximum Gasteiger partial charge on any atom is 0.317 e. The van der Waals surface area contributed by atoms with Crippen LogP contribution in [0.5, 0.6) is 0 Å². The van der Waals surface area contributed by atoms with Gasteiger partial charge in [-0.15, -0.1) is 0 Å². The third kappa shape index (κ3) is 3.38. The Balaban J connectivity index is 2.46. The van der Waals surface area contributed by atoms with E-state index in [4.69, 9.17) is 5.73 Å². The van der Waals surface area contributed by atoms with E-state index in [-0.39, 0.29) is 6.03 Å². The maximum atomic E-state index is 11.8. The normalized spacial score (nSPS) is 26.5. The molecule has 2 unspecified atom stereocenters. The molecule has 0 bridgehead atoms. The zero-order chi connectivity index (χ0) is 11.3. The number of piperidine rings is 1. The first kappa shape index (κ1) is 12.3. The van der Waals surface area contributed by atoms with E-state index in [9.17, 15) is 4.79 Å². The number of carbonyl (C=O) groups excluding carboxylic acids is 1. The van der Waals surface area contributed by atoms with Gasteiger partial charge in [0, 0.05) is 19.1 Å². The smallest absolute Gasteiger partial charge is 0.317 e. The second kappa shape index (κ2) is 5.95. The lowest BCUT2D eigenvalue weighted by molar-refractivity contribution is 0.134. The first-order valence-electron chi connectivity index (χ1n) is 5.93. The molecule has 1 aliphatic heterocycles. The number of hydrogen-bond acceptors (Lipinski definition) is 2. The molecule has 4 nitrogen and oxygen atoms in total. The molecule has 2 atom stereocenters. The summed E-state index contributed by atoms with van der Waals surface area (Å²) in [5.41, 5.74) is 5.65. The van der Waals surface area contributed by atoms with Gasteiger partial charge in [0.2, 0.25) is 0 Å². The molecule has 15 heavy (non-hydrogen) atoms. The summed E-state index contributed by atoms with van der Waals surface area (Å²) in [6, 6.07) is 0.423. The second-order valence-corrected chi connectivity index (χ2v) is 4.41. The minimum Gasteiger partial charge on any atom is -0.338 e. The monoisotopic (exact) mass is 213 g/mol. The largest absolute Gasteiger partial charge is 0.338 e. The number of nitrogens with one attached hydrogen (secondary N) is 1. The number of urea groups is 1. The molecular formula is C11H23N3O. The van der Waals surface area contributed by atoms with E-state index in [0.717, 1.165) is 32.4 Å². The molecule has 0 aromatic carbocycles. The van der Waals surface area contributed by atoms with Gasteiger partial charge in [0.15, 0.2) is 0 Å². The number of hydrogen-bond donors (Lipinski definition) is 2. The van der Waals surface area contributed by atoms with Crippen molar-refractivity contribution in [3.05, 3.63) is 0 Å². The molecule has 88 valence electrons. The van der Waals surface area contributed by atoms with Crippen LogP contribution in [0.1, 0.15) is 33.1 Å². The molecule has 1 heterocycles. The van der Waals surface area contributed by atoms with Gasteiger partial charge >= 0.3 is 6.03 Å². The fourth-order valence-corrected chi connectivity index (χ4v) is 1.99. The van der Waals surface area contributed by atoms with E-state index in [1.807, 2.05) is 4.90 Å². The lowest BCUT2D eigenvalue weighted by Gasteiger charge is -2.37. The quantitative estimate of drug-likeness (QED) is 0.739. The molecule has 3 N–H and O–H groups in total. The van der Waals surface area contributed by atoms with E-state index >= 15 is 0 Å². The highest BCUT2D eigenvalue weighted by Crippen LogP contribution is 2.20. The van der Waals surface area contributed by atoms with E-state index in [2.05, 4.69) is 19.2 Å². The maximum absolute atomic E-state index is 11.8. The van der Waals surface area contributed by atoms with Crippen molar-refractivity contribution in [3.63, 3.8) is 0 Å². The van der Waals surface area contributed by atoms with Gasteiger partial charge in [-0.2, -0.15) is 0 Å². The van der Waals surface area contributed by atoms with Crippen molar-refractivity contribution in [1.29, 1.82) is 0 Å². The van der Waals surface area contributed by atoms with Crippen LogP contribution < -0.4 is 11.1 Å². The summed E-state index contributed by atoms with van der Waals surface area (Å²) in [7, 11) is 0. The van der Waals surface area contributed by atoms with Crippen LogP contribution in [0, 0.1) is 5.92 Å². The van der Waals surface area contributed by atoms with E-state index in [0.29, 0.717) is 18.5 Å². The fraction of sp³-hybridized carbons (Fsp3) is 0.909. The summed E-state index contributed by atoms with van der Waals surface area (Å²) in [5, 5.41) is 2.92. The van der Waals surface area contributed by atoms with Crippen LogP contribution in [-0.4, -0.2) is 36.6 Å². The topological polar surface area (TPSA) is 58.4 Å². The van der Waals surface area contributed by atoms with Crippen LogP contribution in [0.25, 0.3) is 0 Å². The van der Waals surface area contributed by atoms with Crippen LogP contribution in [-0.2, 0) is 0 Å². The van der Waals surface area contributed by atoms with Gasteiger partial charge in [-0.25, -0.2) is 4.79 Å². The molecule has 0 radical (unpaired) electrons. The highest BCUT2D eigenvalue weighted by Gasteiger charge is 2.27. The van der Waals surface area contributed by atoms with Gasteiger partial charge in [-0.1, -0.05) is 6.92 Å². The number of rotatable bonds is 3. The predicted molar refractivity (Wildman–Crippen MR) is 61.6 cm³/mol. The highest BCUT2D eigenvalue weighted by molar-refractivity contribution is 5.74. The standard InChI is InChI=1S/C11H23N3O/c1-3-6-13-11(15)14-8-10(7-12)5-4-9(14)2/h9-10H,3-8,12H2,1-2H3,(H,13,15). The van der Waals surface area contributed by atoms with Crippen LogP contribution in [0.3, 0.4) is 0 Å². The van der Waals surface area contributed by atoms with Crippen molar-refractivity contribution in [2.45, 2.75) is 39.2 Å². The zero-order valence-electron chi connectivity index (χ0n) is 9.83. The molecule has 4 heteroatoms. The first-order valence-corrected chi connectivity index (χ1v) is 5.93. The highest BCUT2D eigenvalue weighted by atomic mass is 16.2. The van der Waals surface area contributed by atoms with Crippen molar-refractivity contribution in [2.24, 2.45) is 11.7 Å². The summed E-state index contributed by atoms with van der Waals surface area (Å²) in [5.74, 6) is 0.480. The number of nitrogens with two attached hydrogens (primary N) is 1. The number of nitrogens with zero attached hydrogens (tertiary/aromatic N) is 1. The Morgan fingerprint density at radius 2 is 2.27 bits per heavy atom.